The number of benzene rings is 2. The molecule has 4 N–H and O–H groups in total. The third-order valence-corrected chi connectivity index (χ3v) is 2.56. The average Bonchev–Trinajstić information content (AvgIpc) is 2.37. The lowest BCUT2D eigenvalue weighted by molar-refractivity contribution is -0.121. The molecule has 0 atom stereocenters. The molecule has 0 radical (unpaired) electrons. The second-order valence-corrected chi connectivity index (χ2v) is 3.85. The first kappa shape index (κ1) is 11.9. The average molecular weight is 243 g/mol. The van der Waals surface area contributed by atoms with E-state index in [9.17, 15) is 9.59 Å². The molecule has 0 saturated carbocycles. The van der Waals surface area contributed by atoms with Crippen molar-refractivity contribution < 1.29 is 9.59 Å². The van der Waals surface area contributed by atoms with Gasteiger partial charge in [0.2, 0.25) is 5.91 Å². The number of carbonyl (C=O) groups is 2. The predicted octanol–water partition coefficient (Wildman–Crippen LogP) is 1.08. The molecule has 5 nitrogen and oxygen atoms in total. The van der Waals surface area contributed by atoms with Gasteiger partial charge in [-0.3, -0.25) is 10.2 Å². The lowest BCUT2D eigenvalue weighted by atomic mass is 10.0. The van der Waals surface area contributed by atoms with Crippen LogP contribution in [0.2, 0.25) is 0 Å². The summed E-state index contributed by atoms with van der Waals surface area (Å²) in [7, 11) is 0. The summed E-state index contributed by atoms with van der Waals surface area (Å²) in [6, 6.07) is 12.8. The molecule has 0 unspecified atom stereocenters. The molecule has 0 bridgehead atoms. The highest BCUT2D eigenvalue weighted by molar-refractivity contribution is 5.90. The van der Waals surface area contributed by atoms with E-state index in [1.165, 1.54) is 0 Å². The molecule has 18 heavy (non-hydrogen) atoms. The van der Waals surface area contributed by atoms with Crippen molar-refractivity contribution in [2.45, 2.75) is 6.42 Å². The van der Waals surface area contributed by atoms with E-state index >= 15 is 0 Å². The Balaban J connectivity index is 2.16. The second kappa shape index (κ2) is 5.18. The molecule has 0 spiro atoms. The summed E-state index contributed by atoms with van der Waals surface area (Å²) in [5, 5.41) is 2.10. The van der Waals surface area contributed by atoms with Crippen molar-refractivity contribution in [3.63, 3.8) is 0 Å². The fourth-order valence-corrected chi connectivity index (χ4v) is 1.80. The minimum absolute atomic E-state index is 0.182. The number of carbonyl (C=O) groups excluding carboxylic acids is 2. The quantitative estimate of drug-likeness (QED) is 0.689. The van der Waals surface area contributed by atoms with Gasteiger partial charge in [0.15, 0.2) is 0 Å². The SMILES string of the molecule is NC(=O)NNC(=O)Cc1cccc2ccccc12. The highest BCUT2D eigenvalue weighted by Crippen LogP contribution is 2.18. The Kier molecular flexibility index (Phi) is 3.43. The van der Waals surface area contributed by atoms with E-state index in [-0.39, 0.29) is 12.3 Å². The largest absolute Gasteiger partial charge is 0.350 e. The summed E-state index contributed by atoms with van der Waals surface area (Å²) < 4.78 is 0. The molecule has 0 aliphatic heterocycles. The van der Waals surface area contributed by atoms with Gasteiger partial charge in [-0.25, -0.2) is 10.2 Å². The minimum atomic E-state index is -0.790. The van der Waals surface area contributed by atoms with Crippen LogP contribution in [-0.4, -0.2) is 11.9 Å². The Bertz CT molecular complexity index is 590. The van der Waals surface area contributed by atoms with E-state index < -0.39 is 6.03 Å². The summed E-state index contributed by atoms with van der Waals surface area (Å²) in [4.78, 5) is 22.0. The molecule has 0 saturated heterocycles. The molecular formula is C13H13N3O2. The standard InChI is InChI=1S/C13H13N3O2/c14-13(18)16-15-12(17)8-10-6-3-5-9-4-1-2-7-11(9)10/h1-7H,8H2,(H,15,17)(H3,14,16,18). The van der Waals surface area contributed by atoms with Gasteiger partial charge in [-0.15, -0.1) is 0 Å². The molecule has 92 valence electrons. The van der Waals surface area contributed by atoms with Gasteiger partial charge < -0.3 is 5.73 Å². The summed E-state index contributed by atoms with van der Waals surface area (Å²) in [5.74, 6) is -0.315. The highest BCUT2D eigenvalue weighted by atomic mass is 16.2. The van der Waals surface area contributed by atoms with E-state index in [0.717, 1.165) is 16.3 Å². The zero-order valence-corrected chi connectivity index (χ0v) is 9.64. The van der Waals surface area contributed by atoms with E-state index in [1.807, 2.05) is 42.5 Å². The molecule has 0 fully saturated rings. The van der Waals surface area contributed by atoms with Crippen LogP contribution in [0.4, 0.5) is 4.79 Å². The number of amides is 3. The Hall–Kier alpha value is -2.56. The fourth-order valence-electron chi connectivity index (χ4n) is 1.80. The lowest BCUT2D eigenvalue weighted by Crippen LogP contribution is -2.45. The molecule has 3 amide bonds. The Morgan fingerprint density at radius 3 is 2.50 bits per heavy atom. The maximum absolute atomic E-state index is 11.6. The molecule has 0 aliphatic rings. The van der Waals surface area contributed by atoms with Crippen molar-refractivity contribution in [3.05, 3.63) is 48.0 Å². The minimum Gasteiger partial charge on any atom is -0.350 e. The number of hydrogen-bond donors (Lipinski definition) is 3. The van der Waals surface area contributed by atoms with Crippen LogP contribution in [0.1, 0.15) is 5.56 Å². The topological polar surface area (TPSA) is 84.2 Å². The zero-order valence-electron chi connectivity index (χ0n) is 9.64. The Morgan fingerprint density at radius 2 is 1.72 bits per heavy atom. The molecule has 0 aromatic heterocycles. The molecule has 0 heterocycles. The van der Waals surface area contributed by atoms with Crippen molar-refractivity contribution in [2.24, 2.45) is 5.73 Å². The first-order valence-corrected chi connectivity index (χ1v) is 5.48. The van der Waals surface area contributed by atoms with Crippen molar-refractivity contribution >= 4 is 22.7 Å². The van der Waals surface area contributed by atoms with Crippen LogP contribution in [0.15, 0.2) is 42.5 Å². The summed E-state index contributed by atoms with van der Waals surface area (Å²) in [5.41, 5.74) is 10.0. The zero-order chi connectivity index (χ0) is 13.0. The maximum Gasteiger partial charge on any atom is 0.330 e. The third kappa shape index (κ3) is 2.76. The number of nitrogens with two attached hydrogens (primary N) is 1. The summed E-state index contributed by atoms with van der Waals surface area (Å²) in [6.45, 7) is 0. The van der Waals surface area contributed by atoms with Crippen LogP contribution in [-0.2, 0) is 11.2 Å². The van der Waals surface area contributed by atoms with Gasteiger partial charge in [0.1, 0.15) is 0 Å². The van der Waals surface area contributed by atoms with Crippen LogP contribution >= 0.6 is 0 Å². The van der Waals surface area contributed by atoms with Crippen LogP contribution in [0, 0.1) is 0 Å². The van der Waals surface area contributed by atoms with Crippen LogP contribution < -0.4 is 16.6 Å². The summed E-state index contributed by atoms with van der Waals surface area (Å²) in [6.07, 6.45) is 0.182. The van der Waals surface area contributed by atoms with Crippen LogP contribution in [0.5, 0.6) is 0 Å². The van der Waals surface area contributed by atoms with Crippen molar-refractivity contribution in [1.82, 2.24) is 10.9 Å². The van der Waals surface area contributed by atoms with Gasteiger partial charge >= 0.3 is 6.03 Å². The van der Waals surface area contributed by atoms with Crippen LogP contribution in [0.3, 0.4) is 0 Å². The van der Waals surface area contributed by atoms with Gasteiger partial charge in [-0.05, 0) is 16.3 Å². The Labute approximate surface area is 104 Å². The van der Waals surface area contributed by atoms with Gasteiger partial charge in [0.25, 0.3) is 0 Å². The second-order valence-electron chi connectivity index (χ2n) is 3.85. The third-order valence-electron chi connectivity index (χ3n) is 2.56. The van der Waals surface area contributed by atoms with E-state index in [2.05, 4.69) is 10.9 Å². The number of fused-ring (bicyclic) bond motifs is 1. The number of hydrogen-bond acceptors (Lipinski definition) is 2. The van der Waals surface area contributed by atoms with Gasteiger partial charge in [0, 0.05) is 0 Å². The number of primary amides is 1. The first-order chi connectivity index (χ1) is 8.66. The smallest absolute Gasteiger partial charge is 0.330 e. The van der Waals surface area contributed by atoms with Crippen LogP contribution in [0.25, 0.3) is 10.8 Å². The monoisotopic (exact) mass is 243 g/mol. The number of nitrogens with one attached hydrogen (secondary N) is 2. The molecule has 5 heteroatoms. The lowest BCUT2D eigenvalue weighted by Gasteiger charge is -2.07. The van der Waals surface area contributed by atoms with E-state index in [1.54, 1.807) is 0 Å². The fraction of sp³-hybridized carbons (Fsp3) is 0.0769. The number of rotatable bonds is 2. The van der Waals surface area contributed by atoms with Gasteiger partial charge in [-0.2, -0.15) is 0 Å². The van der Waals surface area contributed by atoms with Gasteiger partial charge in [-0.1, -0.05) is 42.5 Å². The van der Waals surface area contributed by atoms with Crippen molar-refractivity contribution in [1.29, 1.82) is 0 Å². The van der Waals surface area contributed by atoms with E-state index in [0.29, 0.717) is 0 Å². The first-order valence-electron chi connectivity index (χ1n) is 5.48. The molecule has 2 rings (SSSR count). The molecule has 2 aromatic carbocycles. The van der Waals surface area contributed by atoms with E-state index in [4.69, 9.17) is 5.73 Å². The summed E-state index contributed by atoms with van der Waals surface area (Å²) >= 11 is 0. The Morgan fingerprint density at radius 1 is 1.00 bits per heavy atom. The number of hydrazine groups is 1. The molecule has 0 aliphatic carbocycles. The van der Waals surface area contributed by atoms with Gasteiger partial charge in [0.05, 0.1) is 6.42 Å². The molecular weight excluding hydrogens is 230 g/mol. The van der Waals surface area contributed by atoms with Crippen molar-refractivity contribution in [2.75, 3.05) is 0 Å². The normalized spacial score (nSPS) is 10.0. The molecule has 2 aromatic rings. The predicted molar refractivity (Wildman–Crippen MR) is 68.5 cm³/mol. The maximum atomic E-state index is 11.6. The number of urea groups is 1. The van der Waals surface area contributed by atoms with Crippen molar-refractivity contribution in [3.8, 4) is 0 Å². The highest BCUT2D eigenvalue weighted by Gasteiger charge is 2.06.